The zero-order valence-electron chi connectivity index (χ0n) is 17.5. The average molecular weight is 425 g/mol. The van der Waals surface area contributed by atoms with Crippen molar-refractivity contribution in [2.24, 2.45) is 4.99 Å². The van der Waals surface area contributed by atoms with Crippen molar-refractivity contribution in [2.45, 2.75) is 43.8 Å². The quantitative estimate of drug-likeness (QED) is 0.583. The van der Waals surface area contributed by atoms with Crippen LogP contribution in [0, 0.1) is 0 Å². The molecule has 1 aromatic carbocycles. The summed E-state index contributed by atoms with van der Waals surface area (Å²) in [5.41, 5.74) is -0.0785. The molecule has 3 fully saturated rings. The molecule has 1 aromatic rings. The highest BCUT2D eigenvalue weighted by molar-refractivity contribution is 5.80. The molecule has 0 aromatic heterocycles. The van der Waals surface area contributed by atoms with Crippen LogP contribution in [0.5, 0.6) is 0 Å². The SMILES string of the molecule is CCNC(=NCC1(c2cccc(C(F)(F)F)c2)CC1)N1CCC(N2CCOCC2)C1. The van der Waals surface area contributed by atoms with Crippen LogP contribution in [0.15, 0.2) is 29.3 Å². The lowest BCUT2D eigenvalue weighted by atomic mass is 9.94. The van der Waals surface area contributed by atoms with Crippen LogP contribution < -0.4 is 5.32 Å². The number of hydrogen-bond acceptors (Lipinski definition) is 3. The molecule has 166 valence electrons. The van der Waals surface area contributed by atoms with Crippen LogP contribution in [0.1, 0.15) is 37.3 Å². The summed E-state index contributed by atoms with van der Waals surface area (Å²) >= 11 is 0. The van der Waals surface area contributed by atoms with Crippen LogP contribution in [0.25, 0.3) is 0 Å². The van der Waals surface area contributed by atoms with Gasteiger partial charge in [-0.3, -0.25) is 9.89 Å². The van der Waals surface area contributed by atoms with Gasteiger partial charge in [-0.15, -0.1) is 0 Å². The Labute approximate surface area is 176 Å². The van der Waals surface area contributed by atoms with Gasteiger partial charge in [0.15, 0.2) is 5.96 Å². The van der Waals surface area contributed by atoms with E-state index in [4.69, 9.17) is 9.73 Å². The topological polar surface area (TPSA) is 40.1 Å². The minimum atomic E-state index is -4.31. The molecular formula is C22H31F3N4O. The highest BCUT2D eigenvalue weighted by Gasteiger charge is 2.45. The van der Waals surface area contributed by atoms with Crippen molar-refractivity contribution in [1.82, 2.24) is 15.1 Å². The Morgan fingerprint density at radius 1 is 1.23 bits per heavy atom. The van der Waals surface area contributed by atoms with Crippen molar-refractivity contribution < 1.29 is 17.9 Å². The highest BCUT2D eigenvalue weighted by atomic mass is 19.4. The number of hydrogen-bond donors (Lipinski definition) is 1. The number of guanidine groups is 1. The Bertz CT molecular complexity index is 757. The van der Waals surface area contributed by atoms with Crippen LogP contribution in [0.4, 0.5) is 13.2 Å². The molecule has 0 radical (unpaired) electrons. The molecule has 30 heavy (non-hydrogen) atoms. The lowest BCUT2D eigenvalue weighted by Crippen LogP contribution is -2.46. The third-order valence-electron chi connectivity index (χ3n) is 6.55. The molecular weight excluding hydrogens is 393 g/mol. The van der Waals surface area contributed by atoms with E-state index in [1.54, 1.807) is 0 Å². The van der Waals surface area contributed by atoms with E-state index in [-0.39, 0.29) is 5.41 Å². The molecule has 1 unspecified atom stereocenters. The Kier molecular flexibility index (Phi) is 6.25. The van der Waals surface area contributed by atoms with Gasteiger partial charge in [0.2, 0.25) is 0 Å². The van der Waals surface area contributed by atoms with Gasteiger partial charge in [0.1, 0.15) is 0 Å². The molecule has 0 amide bonds. The molecule has 0 spiro atoms. The standard InChI is InChI=1S/C22H31F3N4O/c1-2-26-20(29-9-6-19(15-29)28-10-12-30-13-11-28)27-16-21(7-8-21)17-4-3-5-18(14-17)22(23,24)25/h3-5,14,19H,2,6-13,15-16H2,1H3,(H,26,27). The average Bonchev–Trinajstić information content (AvgIpc) is 3.38. The second-order valence-electron chi connectivity index (χ2n) is 8.57. The van der Waals surface area contributed by atoms with E-state index in [1.165, 1.54) is 12.1 Å². The Hall–Kier alpha value is -1.80. The second-order valence-corrected chi connectivity index (χ2v) is 8.57. The summed E-state index contributed by atoms with van der Waals surface area (Å²) in [4.78, 5) is 9.68. The molecule has 1 N–H and O–H groups in total. The lowest BCUT2D eigenvalue weighted by molar-refractivity contribution is -0.137. The fourth-order valence-electron chi connectivity index (χ4n) is 4.54. The maximum atomic E-state index is 13.1. The zero-order chi connectivity index (χ0) is 21.2. The summed E-state index contributed by atoms with van der Waals surface area (Å²) in [5.74, 6) is 0.881. The van der Waals surface area contributed by atoms with E-state index in [0.717, 1.165) is 82.8 Å². The Morgan fingerprint density at radius 3 is 2.67 bits per heavy atom. The van der Waals surface area contributed by atoms with Gasteiger partial charge in [-0.2, -0.15) is 13.2 Å². The largest absolute Gasteiger partial charge is 0.416 e. The first-order chi connectivity index (χ1) is 14.4. The molecule has 1 saturated carbocycles. The minimum absolute atomic E-state index is 0.259. The molecule has 4 rings (SSSR count). The molecule has 2 saturated heterocycles. The first-order valence-corrected chi connectivity index (χ1v) is 10.9. The number of ether oxygens (including phenoxy) is 1. The van der Waals surface area contributed by atoms with Crippen molar-refractivity contribution in [3.63, 3.8) is 0 Å². The van der Waals surface area contributed by atoms with E-state index < -0.39 is 11.7 Å². The normalized spacial score (nSPS) is 24.9. The summed E-state index contributed by atoms with van der Waals surface area (Å²) in [6, 6.07) is 6.29. The maximum absolute atomic E-state index is 13.1. The number of nitrogens with one attached hydrogen (secondary N) is 1. The fourth-order valence-corrected chi connectivity index (χ4v) is 4.54. The summed E-state index contributed by atoms with van der Waals surface area (Å²) in [6.45, 7) is 8.77. The molecule has 3 aliphatic rings. The van der Waals surface area contributed by atoms with Gasteiger partial charge in [0, 0.05) is 44.2 Å². The maximum Gasteiger partial charge on any atom is 0.416 e. The van der Waals surface area contributed by atoms with Gasteiger partial charge in [-0.1, -0.05) is 18.2 Å². The third kappa shape index (κ3) is 4.75. The van der Waals surface area contributed by atoms with Crippen LogP contribution in [0.2, 0.25) is 0 Å². The van der Waals surface area contributed by atoms with Crippen molar-refractivity contribution in [1.29, 1.82) is 0 Å². The summed E-state index contributed by atoms with van der Waals surface area (Å²) in [6.07, 6.45) is -1.45. The molecule has 1 aliphatic carbocycles. The molecule has 1 atom stereocenters. The number of rotatable bonds is 5. The van der Waals surface area contributed by atoms with Crippen molar-refractivity contribution in [3.05, 3.63) is 35.4 Å². The number of alkyl halides is 3. The van der Waals surface area contributed by atoms with Crippen LogP contribution in [0.3, 0.4) is 0 Å². The summed E-state index contributed by atoms with van der Waals surface area (Å²) < 4.78 is 44.9. The summed E-state index contributed by atoms with van der Waals surface area (Å²) in [7, 11) is 0. The molecule has 0 bridgehead atoms. The van der Waals surface area contributed by atoms with Gasteiger partial charge < -0.3 is 15.0 Å². The van der Waals surface area contributed by atoms with Gasteiger partial charge in [0.25, 0.3) is 0 Å². The van der Waals surface area contributed by atoms with E-state index in [0.29, 0.717) is 12.6 Å². The second kappa shape index (κ2) is 8.75. The number of likely N-dealkylation sites (tertiary alicyclic amines) is 1. The van der Waals surface area contributed by atoms with Crippen molar-refractivity contribution in [3.8, 4) is 0 Å². The third-order valence-corrected chi connectivity index (χ3v) is 6.55. The highest BCUT2D eigenvalue weighted by Crippen LogP contribution is 2.49. The first kappa shape index (κ1) is 21.4. The van der Waals surface area contributed by atoms with E-state index in [9.17, 15) is 13.2 Å². The fraction of sp³-hybridized carbons (Fsp3) is 0.682. The van der Waals surface area contributed by atoms with Gasteiger partial charge >= 0.3 is 6.18 Å². The molecule has 8 heteroatoms. The number of halogens is 3. The van der Waals surface area contributed by atoms with Crippen LogP contribution in [-0.4, -0.2) is 74.3 Å². The number of nitrogens with zero attached hydrogens (tertiary/aromatic N) is 3. The Morgan fingerprint density at radius 2 is 2.00 bits per heavy atom. The summed E-state index contributed by atoms with van der Waals surface area (Å²) in [5, 5.41) is 3.39. The predicted octanol–water partition coefficient (Wildman–Crippen LogP) is 3.11. The van der Waals surface area contributed by atoms with E-state index >= 15 is 0 Å². The zero-order valence-corrected chi connectivity index (χ0v) is 17.5. The number of benzene rings is 1. The number of morpholine rings is 1. The number of aliphatic imine (C=N–C) groups is 1. The Balaban J connectivity index is 1.44. The molecule has 5 nitrogen and oxygen atoms in total. The first-order valence-electron chi connectivity index (χ1n) is 10.9. The van der Waals surface area contributed by atoms with Crippen LogP contribution in [-0.2, 0) is 16.3 Å². The molecule has 2 aliphatic heterocycles. The molecule has 2 heterocycles. The monoisotopic (exact) mass is 424 g/mol. The van der Waals surface area contributed by atoms with Crippen molar-refractivity contribution >= 4 is 5.96 Å². The minimum Gasteiger partial charge on any atom is -0.379 e. The smallest absolute Gasteiger partial charge is 0.379 e. The van der Waals surface area contributed by atoms with Crippen molar-refractivity contribution in [2.75, 3.05) is 52.5 Å². The van der Waals surface area contributed by atoms with Gasteiger partial charge in [0.05, 0.1) is 25.3 Å². The van der Waals surface area contributed by atoms with Gasteiger partial charge in [-0.05, 0) is 37.8 Å². The van der Waals surface area contributed by atoms with E-state index in [2.05, 4.69) is 15.1 Å². The van der Waals surface area contributed by atoms with E-state index in [1.807, 2.05) is 13.0 Å². The van der Waals surface area contributed by atoms with Gasteiger partial charge in [-0.25, -0.2) is 0 Å². The van der Waals surface area contributed by atoms with Crippen LogP contribution >= 0.6 is 0 Å². The predicted molar refractivity (Wildman–Crippen MR) is 111 cm³/mol. The lowest BCUT2D eigenvalue weighted by Gasteiger charge is -2.32.